The summed E-state index contributed by atoms with van der Waals surface area (Å²) < 4.78 is 0. The van der Waals surface area contributed by atoms with E-state index in [-0.39, 0.29) is 0 Å². The van der Waals surface area contributed by atoms with Crippen molar-refractivity contribution >= 4 is 0 Å². The summed E-state index contributed by atoms with van der Waals surface area (Å²) in [4.78, 5) is 2.40. The maximum Gasteiger partial charge on any atom is 0.0316 e. The topological polar surface area (TPSA) is 3.24 Å². The van der Waals surface area contributed by atoms with E-state index in [1.165, 1.54) is 12.8 Å². The van der Waals surface area contributed by atoms with Crippen LogP contribution in [0.5, 0.6) is 0 Å². The van der Waals surface area contributed by atoms with Crippen LogP contribution in [0.3, 0.4) is 0 Å². The Morgan fingerprint density at radius 3 is 2.78 bits per heavy atom. The lowest BCUT2D eigenvalue weighted by Crippen LogP contribution is -2.25. The summed E-state index contributed by atoms with van der Waals surface area (Å²) in [5, 5.41) is 0. The fourth-order valence-corrected chi connectivity index (χ4v) is 1.38. The molecule has 0 amide bonds. The van der Waals surface area contributed by atoms with Gasteiger partial charge in [0, 0.05) is 12.6 Å². The maximum atomic E-state index is 2.40. The molecule has 1 unspecified atom stereocenters. The lowest BCUT2D eigenvalue weighted by atomic mass is 10.2. The highest BCUT2D eigenvalue weighted by molar-refractivity contribution is 4.96. The van der Waals surface area contributed by atoms with Gasteiger partial charge in [0.25, 0.3) is 0 Å². The van der Waals surface area contributed by atoms with E-state index in [4.69, 9.17) is 0 Å². The fraction of sp³-hybridized carbons (Fsp3) is 0.750. The van der Waals surface area contributed by atoms with Crippen LogP contribution in [0.25, 0.3) is 0 Å². The van der Waals surface area contributed by atoms with Crippen molar-refractivity contribution in [2.75, 3.05) is 6.54 Å². The maximum absolute atomic E-state index is 2.40. The van der Waals surface area contributed by atoms with E-state index in [9.17, 15) is 0 Å². The first-order valence-electron chi connectivity index (χ1n) is 3.80. The highest BCUT2D eigenvalue weighted by Gasteiger charge is 2.13. The monoisotopic (exact) mass is 125 g/mol. The molecule has 0 saturated heterocycles. The SMILES string of the molecule is CCC1CC=CN1CC. The van der Waals surface area contributed by atoms with E-state index in [1.807, 2.05) is 0 Å². The second-order valence-electron chi connectivity index (χ2n) is 2.51. The molecule has 0 aromatic rings. The molecule has 0 bridgehead atoms. The van der Waals surface area contributed by atoms with Gasteiger partial charge in [-0.05, 0) is 26.0 Å². The van der Waals surface area contributed by atoms with Gasteiger partial charge in [-0.2, -0.15) is 0 Å². The molecule has 9 heavy (non-hydrogen) atoms. The van der Waals surface area contributed by atoms with Crippen LogP contribution in [0.2, 0.25) is 0 Å². The predicted molar refractivity (Wildman–Crippen MR) is 40.2 cm³/mol. The molecule has 1 aliphatic rings. The van der Waals surface area contributed by atoms with Crippen LogP contribution < -0.4 is 0 Å². The molecule has 0 aromatic carbocycles. The third-order valence-electron chi connectivity index (χ3n) is 2.01. The van der Waals surface area contributed by atoms with Gasteiger partial charge in [-0.25, -0.2) is 0 Å². The molecule has 0 fully saturated rings. The Bertz CT molecular complexity index is 107. The summed E-state index contributed by atoms with van der Waals surface area (Å²) in [6.07, 6.45) is 7.01. The van der Waals surface area contributed by atoms with Crippen molar-refractivity contribution in [3.8, 4) is 0 Å². The third-order valence-corrected chi connectivity index (χ3v) is 2.01. The summed E-state index contributed by atoms with van der Waals surface area (Å²) in [7, 11) is 0. The van der Waals surface area contributed by atoms with E-state index < -0.39 is 0 Å². The van der Waals surface area contributed by atoms with Gasteiger partial charge in [0.05, 0.1) is 0 Å². The summed E-state index contributed by atoms with van der Waals surface area (Å²) in [6, 6.07) is 0.801. The highest BCUT2D eigenvalue weighted by atomic mass is 15.1. The highest BCUT2D eigenvalue weighted by Crippen LogP contribution is 2.15. The average molecular weight is 125 g/mol. The van der Waals surface area contributed by atoms with Gasteiger partial charge in [-0.1, -0.05) is 13.0 Å². The van der Waals surface area contributed by atoms with E-state index in [0.717, 1.165) is 12.6 Å². The first kappa shape index (κ1) is 6.66. The first-order chi connectivity index (χ1) is 4.38. The van der Waals surface area contributed by atoms with Crippen LogP contribution in [-0.4, -0.2) is 17.5 Å². The smallest absolute Gasteiger partial charge is 0.0316 e. The Morgan fingerprint density at radius 2 is 2.33 bits per heavy atom. The molecule has 0 radical (unpaired) electrons. The number of hydrogen-bond donors (Lipinski definition) is 0. The van der Waals surface area contributed by atoms with Gasteiger partial charge in [0.2, 0.25) is 0 Å². The van der Waals surface area contributed by atoms with E-state index in [2.05, 4.69) is 31.0 Å². The molecule has 1 nitrogen and oxygen atoms in total. The third kappa shape index (κ3) is 1.26. The number of nitrogens with zero attached hydrogens (tertiary/aromatic N) is 1. The van der Waals surface area contributed by atoms with Gasteiger partial charge in [0.1, 0.15) is 0 Å². The minimum absolute atomic E-state index is 0.801. The summed E-state index contributed by atoms with van der Waals surface area (Å²) in [5.41, 5.74) is 0. The molecule has 1 rings (SSSR count). The van der Waals surface area contributed by atoms with Crippen molar-refractivity contribution in [3.63, 3.8) is 0 Å². The molecule has 0 aliphatic carbocycles. The zero-order valence-electron chi connectivity index (χ0n) is 6.30. The van der Waals surface area contributed by atoms with Crippen molar-refractivity contribution in [3.05, 3.63) is 12.3 Å². The summed E-state index contributed by atoms with van der Waals surface area (Å²) in [6.45, 7) is 5.62. The lowest BCUT2D eigenvalue weighted by molar-refractivity contribution is 0.306. The lowest BCUT2D eigenvalue weighted by Gasteiger charge is -2.22. The summed E-state index contributed by atoms with van der Waals surface area (Å²) in [5.74, 6) is 0. The molecule has 0 aromatic heterocycles. The van der Waals surface area contributed by atoms with Crippen LogP contribution >= 0.6 is 0 Å². The molecular formula is C8H15N. The molecule has 1 heteroatoms. The Labute approximate surface area is 57.4 Å². The van der Waals surface area contributed by atoms with Crippen LogP contribution in [-0.2, 0) is 0 Å². The van der Waals surface area contributed by atoms with Gasteiger partial charge in [-0.3, -0.25) is 0 Å². The van der Waals surface area contributed by atoms with Gasteiger partial charge in [-0.15, -0.1) is 0 Å². The Morgan fingerprint density at radius 1 is 1.56 bits per heavy atom. The second-order valence-corrected chi connectivity index (χ2v) is 2.51. The molecule has 0 saturated carbocycles. The van der Waals surface area contributed by atoms with Crippen molar-refractivity contribution in [2.45, 2.75) is 32.7 Å². The van der Waals surface area contributed by atoms with Crippen molar-refractivity contribution in [1.82, 2.24) is 4.90 Å². The molecule has 0 spiro atoms. The van der Waals surface area contributed by atoms with E-state index >= 15 is 0 Å². The largest absolute Gasteiger partial charge is 0.375 e. The zero-order valence-corrected chi connectivity index (χ0v) is 6.30. The first-order valence-corrected chi connectivity index (χ1v) is 3.80. The van der Waals surface area contributed by atoms with Crippen LogP contribution in [0.15, 0.2) is 12.3 Å². The van der Waals surface area contributed by atoms with E-state index in [1.54, 1.807) is 0 Å². The van der Waals surface area contributed by atoms with Gasteiger partial charge >= 0.3 is 0 Å². The Kier molecular flexibility index (Phi) is 2.15. The quantitative estimate of drug-likeness (QED) is 0.545. The van der Waals surface area contributed by atoms with Crippen LogP contribution in [0, 0.1) is 0 Å². The molecule has 0 N–H and O–H groups in total. The molecule has 1 atom stereocenters. The van der Waals surface area contributed by atoms with Crippen molar-refractivity contribution in [1.29, 1.82) is 0 Å². The number of hydrogen-bond acceptors (Lipinski definition) is 1. The van der Waals surface area contributed by atoms with Crippen molar-refractivity contribution < 1.29 is 0 Å². The Balaban J connectivity index is 2.39. The second kappa shape index (κ2) is 2.90. The number of rotatable bonds is 2. The molecule has 1 aliphatic heterocycles. The van der Waals surface area contributed by atoms with Gasteiger partial charge < -0.3 is 4.90 Å². The fourth-order valence-electron chi connectivity index (χ4n) is 1.38. The summed E-state index contributed by atoms with van der Waals surface area (Å²) >= 11 is 0. The minimum Gasteiger partial charge on any atom is -0.375 e. The van der Waals surface area contributed by atoms with Crippen molar-refractivity contribution in [2.24, 2.45) is 0 Å². The molecular weight excluding hydrogens is 110 g/mol. The van der Waals surface area contributed by atoms with Gasteiger partial charge in [0.15, 0.2) is 0 Å². The minimum atomic E-state index is 0.801. The van der Waals surface area contributed by atoms with E-state index in [0.29, 0.717) is 0 Å². The molecule has 1 heterocycles. The standard InChI is InChI=1S/C8H15N/c1-3-8-6-5-7-9(8)4-2/h5,7-8H,3-4,6H2,1-2H3. The average Bonchev–Trinajstić information content (AvgIpc) is 2.33. The predicted octanol–water partition coefficient (Wildman–Crippen LogP) is 2.00. The van der Waals surface area contributed by atoms with Crippen LogP contribution in [0.4, 0.5) is 0 Å². The Hall–Kier alpha value is -0.460. The van der Waals surface area contributed by atoms with Crippen LogP contribution in [0.1, 0.15) is 26.7 Å². The zero-order chi connectivity index (χ0) is 6.69. The molecule has 52 valence electrons. The normalized spacial score (nSPS) is 25.6.